The second-order valence-electron chi connectivity index (χ2n) is 7.41. The summed E-state index contributed by atoms with van der Waals surface area (Å²) in [4.78, 5) is 51.7. The number of esters is 1. The lowest BCUT2D eigenvalue weighted by atomic mass is 9.91. The summed E-state index contributed by atoms with van der Waals surface area (Å²) in [6, 6.07) is 6.58. The van der Waals surface area contributed by atoms with E-state index in [2.05, 4.69) is 5.32 Å². The summed E-state index contributed by atoms with van der Waals surface area (Å²) in [7, 11) is 0. The highest BCUT2D eigenvalue weighted by Gasteiger charge is 2.49. The number of aryl methyl sites for hydroxylation is 1. The Morgan fingerprint density at radius 3 is 2.39 bits per heavy atom. The van der Waals surface area contributed by atoms with Crippen molar-refractivity contribution in [2.75, 3.05) is 26.2 Å². The Kier molecular flexibility index (Phi) is 5.67. The molecule has 8 heteroatoms. The number of nitrogens with zero attached hydrogens (tertiary/aromatic N) is 2. The number of piperidine rings is 1. The second kappa shape index (κ2) is 8.00. The molecule has 2 fully saturated rings. The lowest BCUT2D eigenvalue weighted by Gasteiger charge is -2.26. The highest BCUT2D eigenvalue weighted by Crippen LogP contribution is 2.28. The van der Waals surface area contributed by atoms with E-state index in [1.807, 2.05) is 19.1 Å². The Hall–Kier alpha value is -2.90. The van der Waals surface area contributed by atoms with Gasteiger partial charge in [-0.15, -0.1) is 0 Å². The summed E-state index contributed by atoms with van der Waals surface area (Å²) < 4.78 is 5.00. The number of carbonyl (C=O) groups excluding carboxylic acids is 4. The number of carbonyl (C=O) groups is 4. The lowest BCUT2D eigenvalue weighted by Crippen LogP contribution is -2.42. The summed E-state index contributed by atoms with van der Waals surface area (Å²) in [6.45, 7) is 3.95. The fraction of sp³-hybridized carbons (Fsp3) is 0.500. The summed E-state index contributed by atoms with van der Waals surface area (Å²) in [6.07, 6.45) is 2.98. The van der Waals surface area contributed by atoms with Gasteiger partial charge in [0, 0.05) is 13.1 Å². The predicted octanol–water partition coefficient (Wildman–Crippen LogP) is 1.32. The van der Waals surface area contributed by atoms with Crippen LogP contribution in [0.1, 0.15) is 37.3 Å². The molecule has 4 amide bonds. The van der Waals surface area contributed by atoms with Gasteiger partial charge in [0.25, 0.3) is 11.8 Å². The van der Waals surface area contributed by atoms with E-state index in [9.17, 15) is 19.2 Å². The van der Waals surface area contributed by atoms with E-state index in [0.29, 0.717) is 18.7 Å². The number of imide groups is 1. The zero-order valence-electron chi connectivity index (χ0n) is 16.2. The molecule has 2 heterocycles. The molecule has 0 radical (unpaired) electrons. The first-order chi connectivity index (χ1) is 13.3. The Labute approximate surface area is 163 Å². The number of likely N-dealkylation sites (tertiary alicyclic amines) is 1. The number of ether oxygens (including phenoxy) is 1. The molecule has 150 valence electrons. The van der Waals surface area contributed by atoms with Gasteiger partial charge in [-0.05, 0) is 38.7 Å². The van der Waals surface area contributed by atoms with E-state index in [1.54, 1.807) is 24.0 Å². The molecule has 1 atom stereocenters. The van der Waals surface area contributed by atoms with Gasteiger partial charge in [0.05, 0.1) is 0 Å². The topological polar surface area (TPSA) is 96.0 Å². The Morgan fingerprint density at radius 2 is 1.75 bits per heavy atom. The number of hydrogen-bond donors (Lipinski definition) is 1. The van der Waals surface area contributed by atoms with Crippen LogP contribution in [0.25, 0.3) is 0 Å². The molecule has 0 aromatic heterocycles. The van der Waals surface area contributed by atoms with E-state index >= 15 is 0 Å². The van der Waals surface area contributed by atoms with Crippen LogP contribution >= 0.6 is 0 Å². The number of nitrogens with one attached hydrogen (secondary N) is 1. The summed E-state index contributed by atoms with van der Waals surface area (Å²) in [5, 5.41) is 2.64. The second-order valence-corrected chi connectivity index (χ2v) is 7.41. The predicted molar refractivity (Wildman–Crippen MR) is 100 cm³/mol. The first kappa shape index (κ1) is 19.9. The fourth-order valence-electron chi connectivity index (χ4n) is 3.47. The summed E-state index contributed by atoms with van der Waals surface area (Å²) in [5.74, 6) is -1.57. The third kappa shape index (κ3) is 4.00. The van der Waals surface area contributed by atoms with Crippen LogP contribution in [-0.4, -0.2) is 59.9 Å². The van der Waals surface area contributed by atoms with Crippen molar-refractivity contribution in [2.45, 2.75) is 38.6 Å². The van der Waals surface area contributed by atoms with E-state index in [0.717, 1.165) is 29.7 Å². The maximum atomic E-state index is 12.8. The molecule has 0 spiro atoms. The van der Waals surface area contributed by atoms with Crippen molar-refractivity contribution in [1.82, 2.24) is 15.1 Å². The molecule has 1 aromatic rings. The monoisotopic (exact) mass is 387 g/mol. The van der Waals surface area contributed by atoms with Gasteiger partial charge in [0.2, 0.25) is 0 Å². The normalized spacial score (nSPS) is 22.2. The van der Waals surface area contributed by atoms with Crippen LogP contribution in [0, 0.1) is 6.92 Å². The average Bonchev–Trinajstić information content (AvgIpc) is 2.91. The molecule has 0 unspecified atom stereocenters. The molecule has 1 N–H and O–H groups in total. The maximum Gasteiger partial charge on any atom is 0.326 e. The van der Waals surface area contributed by atoms with Crippen molar-refractivity contribution in [1.29, 1.82) is 0 Å². The minimum atomic E-state index is -1.24. The molecular formula is C20H25N3O5. The molecule has 2 aliphatic heterocycles. The number of hydrogen-bond acceptors (Lipinski definition) is 5. The highest BCUT2D eigenvalue weighted by atomic mass is 16.5. The lowest BCUT2D eigenvalue weighted by molar-refractivity contribution is -0.154. The number of amides is 4. The van der Waals surface area contributed by atoms with Gasteiger partial charge in [-0.25, -0.2) is 4.79 Å². The van der Waals surface area contributed by atoms with Crippen molar-refractivity contribution in [3.05, 3.63) is 35.4 Å². The largest absolute Gasteiger partial charge is 0.454 e. The molecule has 28 heavy (non-hydrogen) atoms. The van der Waals surface area contributed by atoms with Crippen LogP contribution in [0.15, 0.2) is 24.3 Å². The standard InChI is InChI=1S/C20H25N3O5/c1-14-6-8-15(9-7-14)20(2)18(26)23(19(27)21-20)12-17(25)28-13-16(24)22-10-4-3-5-11-22/h6-9H,3-5,10-13H2,1-2H3,(H,21,27)/t20-/m1/s1. The molecule has 1 aromatic carbocycles. The van der Waals surface area contributed by atoms with Crippen molar-refractivity contribution in [2.24, 2.45) is 0 Å². The van der Waals surface area contributed by atoms with Crippen LogP contribution < -0.4 is 5.32 Å². The van der Waals surface area contributed by atoms with Crippen LogP contribution in [-0.2, 0) is 24.7 Å². The summed E-state index contributed by atoms with van der Waals surface area (Å²) >= 11 is 0. The van der Waals surface area contributed by atoms with Crippen molar-refractivity contribution >= 4 is 23.8 Å². The van der Waals surface area contributed by atoms with Gasteiger partial charge >= 0.3 is 12.0 Å². The van der Waals surface area contributed by atoms with Crippen LogP contribution in [0.3, 0.4) is 0 Å². The zero-order valence-corrected chi connectivity index (χ0v) is 16.2. The Bertz CT molecular complexity index is 786. The molecular weight excluding hydrogens is 362 g/mol. The minimum Gasteiger partial charge on any atom is -0.454 e. The molecule has 2 saturated heterocycles. The first-order valence-corrected chi connectivity index (χ1v) is 9.46. The van der Waals surface area contributed by atoms with E-state index in [1.165, 1.54) is 0 Å². The van der Waals surface area contributed by atoms with Gasteiger partial charge in [0.15, 0.2) is 6.61 Å². The molecule has 0 saturated carbocycles. The van der Waals surface area contributed by atoms with Gasteiger partial charge in [-0.1, -0.05) is 29.8 Å². The van der Waals surface area contributed by atoms with Gasteiger partial charge in [-0.3, -0.25) is 19.3 Å². The molecule has 0 bridgehead atoms. The van der Waals surface area contributed by atoms with E-state index in [-0.39, 0.29) is 12.5 Å². The van der Waals surface area contributed by atoms with Gasteiger partial charge in [0.1, 0.15) is 12.1 Å². The highest BCUT2D eigenvalue weighted by molar-refractivity contribution is 6.08. The minimum absolute atomic E-state index is 0.255. The van der Waals surface area contributed by atoms with E-state index < -0.39 is 30.0 Å². The molecule has 3 rings (SSSR count). The Morgan fingerprint density at radius 1 is 1.11 bits per heavy atom. The molecule has 0 aliphatic carbocycles. The zero-order chi connectivity index (χ0) is 20.3. The average molecular weight is 387 g/mol. The van der Waals surface area contributed by atoms with Crippen LogP contribution in [0.2, 0.25) is 0 Å². The maximum absolute atomic E-state index is 12.8. The number of rotatable bonds is 5. The Balaban J connectivity index is 1.58. The van der Waals surface area contributed by atoms with E-state index in [4.69, 9.17) is 4.74 Å². The quantitative estimate of drug-likeness (QED) is 0.607. The van der Waals surface area contributed by atoms with Gasteiger partial charge < -0.3 is 15.0 Å². The SMILES string of the molecule is Cc1ccc([C@@]2(C)NC(=O)N(CC(=O)OCC(=O)N3CCCCC3)C2=O)cc1. The third-order valence-electron chi connectivity index (χ3n) is 5.26. The molecule has 8 nitrogen and oxygen atoms in total. The third-order valence-corrected chi connectivity index (χ3v) is 5.26. The van der Waals surface area contributed by atoms with Crippen LogP contribution in [0.4, 0.5) is 4.79 Å². The first-order valence-electron chi connectivity index (χ1n) is 9.46. The van der Waals surface area contributed by atoms with Gasteiger partial charge in [-0.2, -0.15) is 0 Å². The smallest absolute Gasteiger partial charge is 0.326 e. The molecule has 2 aliphatic rings. The van der Waals surface area contributed by atoms with Crippen molar-refractivity contribution < 1.29 is 23.9 Å². The van der Waals surface area contributed by atoms with Crippen molar-refractivity contribution in [3.8, 4) is 0 Å². The fourth-order valence-corrected chi connectivity index (χ4v) is 3.47. The van der Waals surface area contributed by atoms with Crippen molar-refractivity contribution in [3.63, 3.8) is 0 Å². The number of benzene rings is 1. The van der Waals surface area contributed by atoms with Crippen LogP contribution in [0.5, 0.6) is 0 Å². The summed E-state index contributed by atoms with van der Waals surface area (Å²) in [5.41, 5.74) is 0.421. The number of urea groups is 1.